The number of carbonyl (C=O) groups excluding carboxylic acids is 1. The van der Waals surface area contributed by atoms with Crippen molar-refractivity contribution >= 4 is 12.0 Å². The zero-order valence-electron chi connectivity index (χ0n) is 7.97. The molecule has 0 aliphatic carbocycles. The molecule has 0 saturated carbocycles. The predicted octanol–water partition coefficient (Wildman–Crippen LogP) is 0.515. The predicted molar refractivity (Wildman–Crippen MR) is 52.0 cm³/mol. The molecule has 0 aromatic heterocycles. The summed E-state index contributed by atoms with van der Waals surface area (Å²) in [6.07, 6.45) is 5.92. The first-order valence-corrected chi connectivity index (χ1v) is 4.61. The van der Waals surface area contributed by atoms with Gasteiger partial charge in [-0.3, -0.25) is 14.7 Å². The average Bonchev–Trinajstić information content (AvgIpc) is 2.39. The highest BCUT2D eigenvalue weighted by molar-refractivity contribution is 5.84. The molecule has 70 valence electrons. The third-order valence-electron chi connectivity index (χ3n) is 2.85. The van der Waals surface area contributed by atoms with E-state index in [1.165, 1.54) is 0 Å². The van der Waals surface area contributed by atoms with E-state index in [4.69, 9.17) is 0 Å². The highest BCUT2D eigenvalue weighted by Gasteiger charge is 2.41. The van der Waals surface area contributed by atoms with E-state index in [0.717, 1.165) is 6.54 Å². The Labute approximate surface area is 78.1 Å². The van der Waals surface area contributed by atoms with E-state index in [2.05, 4.69) is 16.0 Å². The number of hydrogen-bond acceptors (Lipinski definition) is 3. The first-order chi connectivity index (χ1) is 6.20. The third kappa shape index (κ3) is 1.33. The standard InChI is InChI=1S/C10H14N2O/c1-7(13)10-9-8(6-12(10)2)4-3-5-11-9/h3-5,8-10H,6H2,1-2H3. The van der Waals surface area contributed by atoms with Crippen LogP contribution in [0.3, 0.4) is 0 Å². The topological polar surface area (TPSA) is 32.7 Å². The normalized spacial score (nSPS) is 37.8. The van der Waals surface area contributed by atoms with Crippen molar-refractivity contribution in [3.05, 3.63) is 12.2 Å². The van der Waals surface area contributed by atoms with Gasteiger partial charge in [-0.2, -0.15) is 0 Å². The molecule has 3 nitrogen and oxygen atoms in total. The highest BCUT2D eigenvalue weighted by Crippen LogP contribution is 2.28. The summed E-state index contributed by atoms with van der Waals surface area (Å²) in [5, 5.41) is 0. The van der Waals surface area contributed by atoms with Crippen LogP contribution in [0.15, 0.2) is 17.1 Å². The first-order valence-electron chi connectivity index (χ1n) is 4.61. The molecular weight excluding hydrogens is 164 g/mol. The molecule has 3 unspecified atom stereocenters. The number of allylic oxidation sites excluding steroid dienone is 1. The van der Waals surface area contributed by atoms with Gasteiger partial charge in [0.1, 0.15) is 5.78 Å². The number of carbonyl (C=O) groups is 1. The maximum atomic E-state index is 11.4. The van der Waals surface area contributed by atoms with E-state index < -0.39 is 0 Å². The summed E-state index contributed by atoms with van der Waals surface area (Å²) in [5.41, 5.74) is 0. The monoisotopic (exact) mass is 178 g/mol. The molecule has 0 N–H and O–H groups in total. The van der Waals surface area contributed by atoms with Crippen LogP contribution in [0.25, 0.3) is 0 Å². The minimum Gasteiger partial charge on any atom is -0.298 e. The van der Waals surface area contributed by atoms with Crippen LogP contribution < -0.4 is 0 Å². The van der Waals surface area contributed by atoms with Gasteiger partial charge in [0.25, 0.3) is 0 Å². The van der Waals surface area contributed by atoms with Crippen LogP contribution >= 0.6 is 0 Å². The second kappa shape index (κ2) is 3.07. The van der Waals surface area contributed by atoms with Crippen LogP contribution in [0.4, 0.5) is 0 Å². The van der Waals surface area contributed by atoms with Gasteiger partial charge in [-0.15, -0.1) is 0 Å². The Bertz CT molecular complexity index is 283. The zero-order valence-corrected chi connectivity index (χ0v) is 7.97. The number of hydrogen-bond donors (Lipinski definition) is 0. The van der Waals surface area contributed by atoms with Crippen molar-refractivity contribution in [1.82, 2.24) is 4.90 Å². The van der Waals surface area contributed by atoms with Crippen molar-refractivity contribution in [1.29, 1.82) is 0 Å². The maximum absolute atomic E-state index is 11.4. The van der Waals surface area contributed by atoms with Crippen molar-refractivity contribution in [3.63, 3.8) is 0 Å². The number of aliphatic imine (C=N–C) groups is 1. The summed E-state index contributed by atoms with van der Waals surface area (Å²) < 4.78 is 0. The smallest absolute Gasteiger partial charge is 0.149 e. The van der Waals surface area contributed by atoms with Crippen LogP contribution in [-0.2, 0) is 4.79 Å². The van der Waals surface area contributed by atoms with E-state index in [-0.39, 0.29) is 17.9 Å². The van der Waals surface area contributed by atoms with Gasteiger partial charge < -0.3 is 0 Å². The van der Waals surface area contributed by atoms with Gasteiger partial charge in [-0.05, 0) is 20.0 Å². The van der Waals surface area contributed by atoms with Gasteiger partial charge in [-0.1, -0.05) is 6.08 Å². The van der Waals surface area contributed by atoms with Crippen LogP contribution in [0, 0.1) is 5.92 Å². The number of likely N-dealkylation sites (tertiary alicyclic amines) is 1. The van der Waals surface area contributed by atoms with Crippen molar-refractivity contribution in [2.75, 3.05) is 13.6 Å². The Morgan fingerprint density at radius 3 is 3.08 bits per heavy atom. The van der Waals surface area contributed by atoms with Crippen LogP contribution in [0.2, 0.25) is 0 Å². The Hall–Kier alpha value is -0.960. The molecule has 13 heavy (non-hydrogen) atoms. The molecule has 2 heterocycles. The fraction of sp³-hybridized carbons (Fsp3) is 0.600. The number of ketones is 1. The van der Waals surface area contributed by atoms with Gasteiger partial charge in [0, 0.05) is 18.7 Å². The Morgan fingerprint density at radius 2 is 2.38 bits per heavy atom. The summed E-state index contributed by atoms with van der Waals surface area (Å²) in [6, 6.07) is 0.152. The molecule has 2 rings (SSSR count). The van der Waals surface area contributed by atoms with Crippen molar-refractivity contribution in [2.45, 2.75) is 19.0 Å². The van der Waals surface area contributed by atoms with Gasteiger partial charge in [0.2, 0.25) is 0 Å². The Balaban J connectivity index is 2.25. The number of dihydropyridines is 1. The summed E-state index contributed by atoms with van der Waals surface area (Å²) >= 11 is 0. The average molecular weight is 178 g/mol. The number of likely N-dealkylation sites (N-methyl/N-ethyl adjacent to an activating group) is 1. The van der Waals surface area contributed by atoms with E-state index in [1.54, 1.807) is 13.1 Å². The fourth-order valence-electron chi connectivity index (χ4n) is 2.31. The van der Waals surface area contributed by atoms with Gasteiger partial charge in [0.05, 0.1) is 12.1 Å². The van der Waals surface area contributed by atoms with Crippen molar-refractivity contribution in [2.24, 2.45) is 10.9 Å². The molecule has 0 amide bonds. The molecule has 0 aromatic carbocycles. The fourth-order valence-corrected chi connectivity index (χ4v) is 2.31. The quantitative estimate of drug-likeness (QED) is 0.586. The minimum atomic E-state index is -0.00815. The zero-order chi connectivity index (χ0) is 9.42. The molecule has 0 bridgehead atoms. The number of Topliss-reactive ketones (excluding diaryl/α,β-unsaturated/α-hetero) is 1. The van der Waals surface area contributed by atoms with Crippen LogP contribution in [0.5, 0.6) is 0 Å². The number of fused-ring (bicyclic) bond motifs is 1. The molecule has 3 heteroatoms. The molecule has 1 saturated heterocycles. The summed E-state index contributed by atoms with van der Waals surface area (Å²) in [4.78, 5) is 17.8. The molecular formula is C10H14N2O. The maximum Gasteiger partial charge on any atom is 0.149 e. The lowest BCUT2D eigenvalue weighted by molar-refractivity contribution is -0.121. The molecule has 1 fully saturated rings. The Morgan fingerprint density at radius 1 is 1.62 bits per heavy atom. The van der Waals surface area contributed by atoms with Gasteiger partial charge >= 0.3 is 0 Å². The largest absolute Gasteiger partial charge is 0.298 e. The molecule has 0 spiro atoms. The molecule has 0 aromatic rings. The lowest BCUT2D eigenvalue weighted by Crippen LogP contribution is -2.38. The van der Waals surface area contributed by atoms with Gasteiger partial charge in [-0.25, -0.2) is 0 Å². The van der Waals surface area contributed by atoms with E-state index in [0.29, 0.717) is 5.92 Å². The highest BCUT2D eigenvalue weighted by atomic mass is 16.1. The molecule has 2 aliphatic rings. The summed E-state index contributed by atoms with van der Waals surface area (Å²) in [5.74, 6) is 0.659. The van der Waals surface area contributed by atoms with Crippen molar-refractivity contribution < 1.29 is 4.79 Å². The SMILES string of the molecule is CC(=O)C1C2N=CC=CC2CN1C. The number of nitrogens with zero attached hydrogens (tertiary/aromatic N) is 2. The van der Waals surface area contributed by atoms with E-state index in [9.17, 15) is 4.79 Å². The first kappa shape index (κ1) is 8.63. The van der Waals surface area contributed by atoms with Crippen LogP contribution in [0.1, 0.15) is 6.92 Å². The van der Waals surface area contributed by atoms with Crippen LogP contribution in [-0.4, -0.2) is 42.6 Å². The Kier molecular flexibility index (Phi) is 2.04. The minimum absolute atomic E-state index is 0.00815. The van der Waals surface area contributed by atoms with E-state index in [1.807, 2.05) is 13.1 Å². The number of rotatable bonds is 1. The third-order valence-corrected chi connectivity index (χ3v) is 2.85. The molecule has 3 atom stereocenters. The lowest BCUT2D eigenvalue weighted by Gasteiger charge is -2.20. The van der Waals surface area contributed by atoms with Gasteiger partial charge in [0.15, 0.2) is 0 Å². The van der Waals surface area contributed by atoms with Crippen molar-refractivity contribution in [3.8, 4) is 0 Å². The van der Waals surface area contributed by atoms with E-state index >= 15 is 0 Å². The summed E-state index contributed by atoms with van der Waals surface area (Å²) in [7, 11) is 1.99. The summed E-state index contributed by atoms with van der Waals surface area (Å²) in [6.45, 7) is 2.60. The molecule has 2 aliphatic heterocycles. The second-order valence-corrected chi connectivity index (χ2v) is 3.83. The lowest BCUT2D eigenvalue weighted by atomic mass is 9.95. The molecule has 0 radical (unpaired) electrons. The second-order valence-electron chi connectivity index (χ2n) is 3.83.